The molecule has 0 aliphatic heterocycles. The summed E-state index contributed by atoms with van der Waals surface area (Å²) in [4.78, 5) is 35.7. The fraction of sp³-hybridized carbons (Fsp3) is 0.150. The van der Waals surface area contributed by atoms with Crippen LogP contribution in [0.1, 0.15) is 22.8 Å². The molecule has 7 nitrogen and oxygen atoms in total. The number of amides is 1. The average Bonchev–Trinajstić information content (AvgIpc) is 2.68. The van der Waals surface area contributed by atoms with Gasteiger partial charge in [-0.2, -0.15) is 0 Å². The van der Waals surface area contributed by atoms with E-state index < -0.39 is 23.5 Å². The Labute approximate surface area is 179 Å². The van der Waals surface area contributed by atoms with Gasteiger partial charge in [0, 0.05) is 28.8 Å². The first-order valence-corrected chi connectivity index (χ1v) is 9.36. The number of hydrogen-bond donors (Lipinski definition) is 1. The van der Waals surface area contributed by atoms with Crippen LogP contribution >= 0.6 is 23.2 Å². The number of fused-ring (bicyclic) bond motifs is 1. The smallest absolute Gasteiger partial charge is 0.411 e. The van der Waals surface area contributed by atoms with Crippen molar-refractivity contribution in [1.29, 1.82) is 0 Å². The van der Waals surface area contributed by atoms with E-state index in [9.17, 15) is 18.8 Å². The Bertz CT molecular complexity index is 1190. The Morgan fingerprint density at radius 2 is 1.87 bits per heavy atom. The van der Waals surface area contributed by atoms with Crippen molar-refractivity contribution in [1.82, 2.24) is 0 Å². The molecule has 0 saturated carbocycles. The van der Waals surface area contributed by atoms with Crippen molar-refractivity contribution in [3.8, 4) is 0 Å². The molecule has 156 valence electrons. The highest BCUT2D eigenvalue weighted by Gasteiger charge is 2.17. The molecule has 1 amide bonds. The summed E-state index contributed by atoms with van der Waals surface area (Å²) in [6.45, 7) is 1.57. The van der Waals surface area contributed by atoms with E-state index in [1.54, 1.807) is 19.1 Å². The first-order valence-electron chi connectivity index (χ1n) is 8.60. The van der Waals surface area contributed by atoms with Crippen LogP contribution in [0.25, 0.3) is 11.0 Å². The Kier molecular flexibility index (Phi) is 6.59. The molecular weight excluding hydrogens is 440 g/mol. The Morgan fingerprint density at radius 3 is 2.60 bits per heavy atom. The minimum Gasteiger partial charge on any atom is -0.457 e. The Hall–Kier alpha value is -3.10. The van der Waals surface area contributed by atoms with Crippen LogP contribution in [-0.4, -0.2) is 18.7 Å². The lowest BCUT2D eigenvalue weighted by molar-refractivity contribution is 0.0473. The van der Waals surface area contributed by atoms with Crippen LogP contribution in [-0.2, 0) is 16.1 Å². The molecule has 3 rings (SSSR count). The molecule has 3 aromatic rings. The quantitative estimate of drug-likeness (QED) is 0.325. The maximum atomic E-state index is 13.6. The summed E-state index contributed by atoms with van der Waals surface area (Å²) in [5.41, 5.74) is -0.0212. The van der Waals surface area contributed by atoms with Crippen molar-refractivity contribution >= 4 is 51.9 Å². The van der Waals surface area contributed by atoms with Gasteiger partial charge in [0.05, 0.1) is 22.2 Å². The van der Waals surface area contributed by atoms with Crippen LogP contribution in [0.4, 0.5) is 14.9 Å². The average molecular weight is 454 g/mol. The van der Waals surface area contributed by atoms with E-state index in [-0.39, 0.29) is 34.4 Å². The summed E-state index contributed by atoms with van der Waals surface area (Å²) in [7, 11) is 0. The van der Waals surface area contributed by atoms with Gasteiger partial charge in [0.1, 0.15) is 18.0 Å². The molecule has 1 heterocycles. The molecule has 0 unspecified atom stereocenters. The zero-order valence-electron chi connectivity index (χ0n) is 15.5. The molecular formula is C20H14Cl2FNO6. The predicted molar refractivity (Wildman–Crippen MR) is 109 cm³/mol. The Morgan fingerprint density at radius 1 is 1.10 bits per heavy atom. The minimum absolute atomic E-state index is 0.0708. The van der Waals surface area contributed by atoms with E-state index >= 15 is 0 Å². The van der Waals surface area contributed by atoms with E-state index in [4.69, 9.17) is 37.1 Å². The van der Waals surface area contributed by atoms with Crippen LogP contribution < -0.4 is 10.9 Å². The maximum absolute atomic E-state index is 13.6. The fourth-order valence-corrected chi connectivity index (χ4v) is 3.07. The van der Waals surface area contributed by atoms with E-state index in [0.29, 0.717) is 16.6 Å². The van der Waals surface area contributed by atoms with Crippen LogP contribution in [0.5, 0.6) is 0 Å². The van der Waals surface area contributed by atoms with Gasteiger partial charge < -0.3 is 13.9 Å². The standard InChI is InChI=1S/C20H14Cl2FNO6/c1-2-28-20(27)24-11-3-4-12-10(5-18(25)30-17(12)6-11)9-29-19(26)13-7-16(23)15(22)8-14(13)21/h3-8H,2,9H2,1H3,(H,24,27). The molecule has 0 bridgehead atoms. The van der Waals surface area contributed by atoms with Gasteiger partial charge in [0.2, 0.25) is 0 Å². The van der Waals surface area contributed by atoms with E-state index in [1.165, 1.54) is 6.07 Å². The monoisotopic (exact) mass is 453 g/mol. The Balaban J connectivity index is 1.84. The van der Waals surface area contributed by atoms with Gasteiger partial charge in [0.15, 0.2) is 0 Å². The second-order valence-electron chi connectivity index (χ2n) is 5.97. The molecule has 10 heteroatoms. The predicted octanol–water partition coefficient (Wildman–Crippen LogP) is 5.16. The second kappa shape index (κ2) is 9.15. The van der Waals surface area contributed by atoms with Gasteiger partial charge in [-0.05, 0) is 31.2 Å². The summed E-state index contributed by atoms with van der Waals surface area (Å²) in [5, 5.41) is 2.67. The molecule has 0 aliphatic carbocycles. The lowest BCUT2D eigenvalue weighted by Crippen LogP contribution is -2.13. The van der Waals surface area contributed by atoms with Crippen molar-refractivity contribution in [3.63, 3.8) is 0 Å². The number of halogens is 3. The molecule has 1 aromatic heterocycles. The van der Waals surface area contributed by atoms with Crippen molar-refractivity contribution < 1.29 is 27.9 Å². The number of ether oxygens (including phenoxy) is 2. The summed E-state index contributed by atoms with van der Waals surface area (Å²) < 4.78 is 28.7. The van der Waals surface area contributed by atoms with Gasteiger partial charge in [-0.15, -0.1) is 0 Å². The lowest BCUT2D eigenvalue weighted by Gasteiger charge is -2.10. The van der Waals surface area contributed by atoms with E-state index in [0.717, 1.165) is 18.2 Å². The topological polar surface area (TPSA) is 94.8 Å². The highest BCUT2D eigenvalue weighted by atomic mass is 35.5. The second-order valence-corrected chi connectivity index (χ2v) is 6.78. The number of nitrogens with one attached hydrogen (secondary N) is 1. The first kappa shape index (κ1) is 21.6. The normalized spacial score (nSPS) is 10.7. The molecule has 1 N–H and O–H groups in total. The lowest BCUT2D eigenvalue weighted by atomic mass is 10.1. The third-order valence-electron chi connectivity index (χ3n) is 3.94. The van der Waals surface area contributed by atoms with Crippen molar-refractivity contribution in [3.05, 3.63) is 73.8 Å². The van der Waals surface area contributed by atoms with Crippen molar-refractivity contribution in [2.45, 2.75) is 13.5 Å². The van der Waals surface area contributed by atoms with E-state index in [1.807, 2.05) is 0 Å². The van der Waals surface area contributed by atoms with Crippen LogP contribution in [0.3, 0.4) is 0 Å². The molecule has 0 fully saturated rings. The maximum Gasteiger partial charge on any atom is 0.411 e. The summed E-state index contributed by atoms with van der Waals surface area (Å²) in [6.07, 6.45) is -0.656. The molecule has 2 aromatic carbocycles. The summed E-state index contributed by atoms with van der Waals surface area (Å²) >= 11 is 11.5. The highest BCUT2D eigenvalue weighted by molar-refractivity contribution is 6.36. The van der Waals surface area contributed by atoms with Gasteiger partial charge in [-0.1, -0.05) is 23.2 Å². The van der Waals surface area contributed by atoms with Crippen LogP contribution in [0.15, 0.2) is 45.6 Å². The zero-order valence-corrected chi connectivity index (χ0v) is 17.0. The third-order valence-corrected chi connectivity index (χ3v) is 4.54. The zero-order chi connectivity index (χ0) is 21.8. The van der Waals surface area contributed by atoms with Gasteiger partial charge >= 0.3 is 17.7 Å². The highest BCUT2D eigenvalue weighted by Crippen LogP contribution is 2.26. The van der Waals surface area contributed by atoms with Crippen LogP contribution in [0.2, 0.25) is 10.0 Å². The van der Waals surface area contributed by atoms with Crippen LogP contribution in [0, 0.1) is 5.82 Å². The summed E-state index contributed by atoms with van der Waals surface area (Å²) in [5.74, 6) is -1.71. The largest absolute Gasteiger partial charge is 0.457 e. The van der Waals surface area contributed by atoms with E-state index in [2.05, 4.69) is 5.32 Å². The van der Waals surface area contributed by atoms with Gasteiger partial charge in [0.25, 0.3) is 0 Å². The third kappa shape index (κ3) is 4.90. The number of esters is 1. The number of anilines is 1. The number of carbonyl (C=O) groups is 2. The minimum atomic E-state index is -0.891. The molecule has 0 saturated heterocycles. The SMILES string of the molecule is CCOC(=O)Nc1ccc2c(COC(=O)c3cc(F)c(Cl)cc3Cl)cc(=O)oc2c1. The molecule has 0 aliphatic rings. The number of carbonyl (C=O) groups excluding carboxylic acids is 2. The molecule has 0 atom stereocenters. The molecule has 0 radical (unpaired) electrons. The number of hydrogen-bond acceptors (Lipinski definition) is 6. The van der Waals surface area contributed by atoms with Gasteiger partial charge in [-0.3, -0.25) is 5.32 Å². The number of benzene rings is 2. The summed E-state index contributed by atoms with van der Waals surface area (Å²) in [6, 6.07) is 7.72. The fourth-order valence-electron chi connectivity index (χ4n) is 2.61. The molecule has 0 spiro atoms. The van der Waals surface area contributed by atoms with Gasteiger partial charge in [-0.25, -0.2) is 18.8 Å². The number of rotatable bonds is 5. The first-order chi connectivity index (χ1) is 14.3. The molecule has 30 heavy (non-hydrogen) atoms. The van der Waals surface area contributed by atoms with Crippen molar-refractivity contribution in [2.75, 3.05) is 11.9 Å². The van der Waals surface area contributed by atoms with Crippen molar-refractivity contribution in [2.24, 2.45) is 0 Å².